The largest absolute Gasteiger partial charge is 0.490 e. The first-order valence-electron chi connectivity index (χ1n) is 10.1. The number of ether oxygens (including phenoxy) is 2. The van der Waals surface area contributed by atoms with Crippen molar-refractivity contribution in [1.82, 2.24) is 4.90 Å². The fourth-order valence-electron chi connectivity index (χ4n) is 3.66. The van der Waals surface area contributed by atoms with Crippen LogP contribution >= 0.6 is 24.0 Å². The third-order valence-corrected chi connectivity index (χ3v) is 5.20. The number of likely N-dealkylation sites (tertiary alicyclic amines) is 1. The number of nitrogens with zero attached hydrogens (tertiary/aromatic N) is 2. The molecule has 4 N–H and O–H groups in total. The van der Waals surface area contributed by atoms with E-state index in [0.29, 0.717) is 25.7 Å². The average molecular weight is 524 g/mol. The van der Waals surface area contributed by atoms with Gasteiger partial charge in [-0.05, 0) is 29.7 Å². The molecule has 4 rings (SSSR count). The van der Waals surface area contributed by atoms with Crippen molar-refractivity contribution in [2.45, 2.75) is 32.0 Å². The molecule has 1 saturated heterocycles. The number of hydrogen-bond acceptors (Lipinski definition) is 5. The fourth-order valence-corrected chi connectivity index (χ4v) is 3.66. The third kappa shape index (κ3) is 5.99. The minimum atomic E-state index is -0.213. The Labute approximate surface area is 194 Å². The summed E-state index contributed by atoms with van der Waals surface area (Å²) in [6, 6.07) is 13.9. The zero-order valence-electron chi connectivity index (χ0n) is 16.9. The van der Waals surface area contributed by atoms with Crippen LogP contribution in [0.25, 0.3) is 0 Å². The van der Waals surface area contributed by atoms with Gasteiger partial charge in [-0.3, -0.25) is 4.90 Å². The molecular weight excluding hydrogens is 495 g/mol. The third-order valence-electron chi connectivity index (χ3n) is 5.20. The summed E-state index contributed by atoms with van der Waals surface area (Å²) in [5.74, 6) is 1.83. The first-order chi connectivity index (χ1) is 14.2. The number of aliphatic hydroxyl groups excluding tert-OH is 1. The molecule has 2 aromatic carbocycles. The second-order valence-electron chi connectivity index (χ2n) is 7.48. The SMILES string of the molecule is I.NC(=NCc1ccccc1CN1CCC(O)C1)Nc1ccc2c(c1)OCCCO2. The van der Waals surface area contributed by atoms with E-state index in [1.165, 1.54) is 5.56 Å². The maximum absolute atomic E-state index is 9.75. The van der Waals surface area contributed by atoms with Gasteiger partial charge in [0, 0.05) is 37.8 Å². The van der Waals surface area contributed by atoms with E-state index in [1.807, 2.05) is 30.3 Å². The summed E-state index contributed by atoms with van der Waals surface area (Å²) in [5.41, 5.74) is 9.28. The standard InChI is InChI=1S/C22H28N4O3.HI/c23-22(25-18-6-7-20-21(12-18)29-11-3-10-28-20)24-13-16-4-1-2-5-17(16)14-26-9-8-19(27)15-26;/h1-2,4-7,12,19,27H,3,8-11,13-15H2,(H3,23,24,25);1H. The minimum Gasteiger partial charge on any atom is -0.490 e. The highest BCUT2D eigenvalue weighted by atomic mass is 127. The Balaban J connectivity index is 0.00000256. The number of nitrogens with one attached hydrogen (secondary N) is 1. The van der Waals surface area contributed by atoms with Crippen LogP contribution in [-0.4, -0.2) is 48.4 Å². The van der Waals surface area contributed by atoms with Crippen LogP contribution in [0, 0.1) is 0 Å². The van der Waals surface area contributed by atoms with Gasteiger partial charge in [0.05, 0.1) is 25.9 Å². The van der Waals surface area contributed by atoms with Crippen LogP contribution in [0.2, 0.25) is 0 Å². The summed E-state index contributed by atoms with van der Waals surface area (Å²) >= 11 is 0. The molecule has 1 unspecified atom stereocenters. The molecule has 0 aliphatic carbocycles. The molecule has 2 aliphatic rings. The lowest BCUT2D eigenvalue weighted by Crippen LogP contribution is -2.23. The molecule has 2 aromatic rings. The second-order valence-corrected chi connectivity index (χ2v) is 7.48. The molecule has 0 aromatic heterocycles. The predicted molar refractivity (Wildman–Crippen MR) is 129 cm³/mol. The van der Waals surface area contributed by atoms with E-state index >= 15 is 0 Å². The van der Waals surface area contributed by atoms with Gasteiger partial charge in [0.1, 0.15) is 0 Å². The summed E-state index contributed by atoms with van der Waals surface area (Å²) in [6.45, 7) is 4.27. The van der Waals surface area contributed by atoms with Gasteiger partial charge in [-0.25, -0.2) is 4.99 Å². The van der Waals surface area contributed by atoms with E-state index in [1.54, 1.807) is 0 Å². The van der Waals surface area contributed by atoms with Crippen LogP contribution in [0.1, 0.15) is 24.0 Å². The highest BCUT2D eigenvalue weighted by molar-refractivity contribution is 14.0. The molecule has 2 aliphatic heterocycles. The Kier molecular flexibility index (Phi) is 8.17. The van der Waals surface area contributed by atoms with Crippen molar-refractivity contribution in [2.75, 3.05) is 31.6 Å². The zero-order chi connectivity index (χ0) is 20.1. The lowest BCUT2D eigenvalue weighted by atomic mass is 10.1. The van der Waals surface area contributed by atoms with Crippen molar-refractivity contribution >= 4 is 35.6 Å². The van der Waals surface area contributed by atoms with Gasteiger partial charge >= 0.3 is 0 Å². The first-order valence-corrected chi connectivity index (χ1v) is 10.1. The number of fused-ring (bicyclic) bond motifs is 1. The molecule has 1 atom stereocenters. The smallest absolute Gasteiger partial charge is 0.193 e. The van der Waals surface area contributed by atoms with Gasteiger partial charge in [0.15, 0.2) is 17.5 Å². The Bertz CT molecular complexity index is 877. The van der Waals surface area contributed by atoms with Gasteiger partial charge in [0.25, 0.3) is 0 Å². The molecule has 1 fully saturated rings. The van der Waals surface area contributed by atoms with Crippen molar-refractivity contribution in [1.29, 1.82) is 0 Å². The topological polar surface area (TPSA) is 92.3 Å². The van der Waals surface area contributed by atoms with Crippen LogP contribution in [0.4, 0.5) is 5.69 Å². The van der Waals surface area contributed by atoms with E-state index in [0.717, 1.165) is 55.2 Å². The van der Waals surface area contributed by atoms with Gasteiger partial charge < -0.3 is 25.6 Å². The quantitative estimate of drug-likeness (QED) is 0.317. The molecule has 0 radical (unpaired) electrons. The number of rotatable bonds is 5. The number of anilines is 1. The van der Waals surface area contributed by atoms with E-state index in [-0.39, 0.29) is 30.1 Å². The number of β-amino-alcohol motifs (C(OH)–C–C–N with tert-alkyl or cyclic N) is 1. The molecule has 0 saturated carbocycles. The second kappa shape index (κ2) is 10.8. The average Bonchev–Trinajstić information content (AvgIpc) is 2.98. The van der Waals surface area contributed by atoms with Gasteiger partial charge in [-0.15, -0.1) is 24.0 Å². The van der Waals surface area contributed by atoms with Crippen LogP contribution < -0.4 is 20.5 Å². The maximum atomic E-state index is 9.75. The van der Waals surface area contributed by atoms with E-state index < -0.39 is 0 Å². The first kappa shape index (κ1) is 22.6. The number of halogens is 1. The molecule has 0 bridgehead atoms. The maximum Gasteiger partial charge on any atom is 0.193 e. The number of nitrogens with two attached hydrogens (primary N) is 1. The van der Waals surface area contributed by atoms with E-state index in [2.05, 4.69) is 27.3 Å². The molecule has 0 spiro atoms. The van der Waals surface area contributed by atoms with Crippen LogP contribution in [0.5, 0.6) is 11.5 Å². The van der Waals surface area contributed by atoms with Crippen LogP contribution in [0.15, 0.2) is 47.5 Å². The van der Waals surface area contributed by atoms with Crippen molar-refractivity contribution in [3.05, 3.63) is 53.6 Å². The normalized spacial score (nSPS) is 19.1. The van der Waals surface area contributed by atoms with Crippen LogP contribution in [0.3, 0.4) is 0 Å². The molecule has 2 heterocycles. The summed E-state index contributed by atoms with van der Waals surface area (Å²) in [4.78, 5) is 6.78. The molecule has 30 heavy (non-hydrogen) atoms. The lowest BCUT2D eigenvalue weighted by molar-refractivity contribution is 0.174. The number of aliphatic imine (C=N–C) groups is 1. The number of aliphatic hydroxyl groups is 1. The van der Waals surface area contributed by atoms with Crippen LogP contribution in [-0.2, 0) is 13.1 Å². The van der Waals surface area contributed by atoms with Crippen molar-refractivity contribution < 1.29 is 14.6 Å². The number of hydrogen-bond donors (Lipinski definition) is 3. The highest BCUT2D eigenvalue weighted by Gasteiger charge is 2.20. The van der Waals surface area contributed by atoms with Gasteiger partial charge in [0.2, 0.25) is 0 Å². The van der Waals surface area contributed by atoms with Gasteiger partial charge in [-0.1, -0.05) is 24.3 Å². The summed E-state index contributed by atoms with van der Waals surface area (Å²) in [5, 5.41) is 12.9. The molecule has 7 nitrogen and oxygen atoms in total. The number of guanidine groups is 1. The highest BCUT2D eigenvalue weighted by Crippen LogP contribution is 2.32. The molecule has 0 amide bonds. The van der Waals surface area contributed by atoms with Crippen molar-refractivity contribution in [2.24, 2.45) is 10.7 Å². The monoisotopic (exact) mass is 524 g/mol. The van der Waals surface area contributed by atoms with Gasteiger partial charge in [-0.2, -0.15) is 0 Å². The predicted octanol–water partition coefficient (Wildman–Crippen LogP) is 2.96. The zero-order valence-corrected chi connectivity index (χ0v) is 19.2. The Morgan fingerprint density at radius 3 is 2.67 bits per heavy atom. The Morgan fingerprint density at radius 1 is 1.13 bits per heavy atom. The molecule has 8 heteroatoms. The Morgan fingerprint density at radius 2 is 1.90 bits per heavy atom. The summed E-state index contributed by atoms with van der Waals surface area (Å²) < 4.78 is 11.4. The van der Waals surface area contributed by atoms with Crippen molar-refractivity contribution in [3.8, 4) is 11.5 Å². The summed E-state index contributed by atoms with van der Waals surface area (Å²) in [6.07, 6.45) is 1.50. The lowest BCUT2D eigenvalue weighted by Gasteiger charge is -2.17. The molecular formula is C22H29IN4O3. The number of benzene rings is 2. The fraction of sp³-hybridized carbons (Fsp3) is 0.409. The van der Waals surface area contributed by atoms with E-state index in [4.69, 9.17) is 15.2 Å². The summed E-state index contributed by atoms with van der Waals surface area (Å²) in [7, 11) is 0. The van der Waals surface area contributed by atoms with E-state index in [9.17, 15) is 5.11 Å². The molecule has 162 valence electrons. The Hall–Kier alpha value is -2.04. The minimum absolute atomic E-state index is 0. The van der Waals surface area contributed by atoms with Crippen molar-refractivity contribution in [3.63, 3.8) is 0 Å².